The Bertz CT molecular complexity index is 533. The van der Waals surface area contributed by atoms with E-state index in [9.17, 15) is 0 Å². The van der Waals surface area contributed by atoms with Crippen molar-refractivity contribution in [3.63, 3.8) is 0 Å². The van der Waals surface area contributed by atoms with Gasteiger partial charge in [-0.1, -0.05) is 41.9 Å². The van der Waals surface area contributed by atoms with Gasteiger partial charge in [-0.05, 0) is 17.7 Å². The van der Waals surface area contributed by atoms with Crippen molar-refractivity contribution < 1.29 is 0 Å². The van der Waals surface area contributed by atoms with Crippen LogP contribution in [-0.4, -0.2) is 27.4 Å². The molecule has 0 radical (unpaired) electrons. The zero-order valence-electron chi connectivity index (χ0n) is 12.2. The first kappa shape index (κ1) is 15.2. The molecule has 4 nitrogen and oxygen atoms in total. The molecule has 0 fully saturated rings. The van der Waals surface area contributed by atoms with E-state index in [2.05, 4.69) is 69.4 Å². The lowest BCUT2D eigenvalue weighted by Crippen LogP contribution is -2.29. The van der Waals surface area contributed by atoms with Gasteiger partial charge in [-0.2, -0.15) is 5.10 Å². The zero-order chi connectivity index (χ0) is 14.5. The summed E-state index contributed by atoms with van der Waals surface area (Å²) in [7, 11) is 1.94. The van der Waals surface area contributed by atoms with Crippen LogP contribution in [0.4, 0.5) is 0 Å². The van der Waals surface area contributed by atoms with Crippen LogP contribution in [0.3, 0.4) is 0 Å². The van der Waals surface area contributed by atoms with Crippen LogP contribution in [0, 0.1) is 0 Å². The standard InChI is InChI=1S/C15H21BrN4/c1-11(2)17-9-13(8-15-18-10-19-20(15)3)12-4-6-14(16)7-5-12/h4-7,10-11,13,17H,8-9H2,1-3H3. The summed E-state index contributed by atoms with van der Waals surface area (Å²) >= 11 is 3.49. The molecule has 0 aliphatic rings. The lowest BCUT2D eigenvalue weighted by molar-refractivity contribution is 0.512. The van der Waals surface area contributed by atoms with Crippen molar-refractivity contribution in [2.45, 2.75) is 32.2 Å². The summed E-state index contributed by atoms with van der Waals surface area (Å²) in [5.41, 5.74) is 1.32. The van der Waals surface area contributed by atoms with Gasteiger partial charge in [-0.3, -0.25) is 4.68 Å². The normalized spacial score (nSPS) is 12.8. The number of hydrogen-bond acceptors (Lipinski definition) is 3. The minimum atomic E-state index is 0.397. The van der Waals surface area contributed by atoms with Crippen molar-refractivity contribution in [2.75, 3.05) is 6.54 Å². The van der Waals surface area contributed by atoms with E-state index in [0.29, 0.717) is 12.0 Å². The highest BCUT2D eigenvalue weighted by Crippen LogP contribution is 2.21. The minimum Gasteiger partial charge on any atom is -0.314 e. The quantitative estimate of drug-likeness (QED) is 0.881. The maximum absolute atomic E-state index is 4.34. The van der Waals surface area contributed by atoms with Crippen molar-refractivity contribution in [1.29, 1.82) is 0 Å². The third kappa shape index (κ3) is 4.15. The SMILES string of the molecule is CC(C)NCC(Cc1ncnn1C)c1ccc(Br)cc1. The van der Waals surface area contributed by atoms with Gasteiger partial charge in [0.25, 0.3) is 0 Å². The fourth-order valence-corrected chi connectivity index (χ4v) is 2.41. The van der Waals surface area contributed by atoms with Gasteiger partial charge >= 0.3 is 0 Å². The summed E-state index contributed by atoms with van der Waals surface area (Å²) < 4.78 is 2.96. The van der Waals surface area contributed by atoms with Crippen LogP contribution in [-0.2, 0) is 13.5 Å². The van der Waals surface area contributed by atoms with Crippen LogP contribution in [0.5, 0.6) is 0 Å². The average molecular weight is 337 g/mol. The van der Waals surface area contributed by atoms with Crippen molar-refractivity contribution in [2.24, 2.45) is 7.05 Å². The Labute approximate surface area is 128 Å². The molecule has 1 N–H and O–H groups in total. The monoisotopic (exact) mass is 336 g/mol. The van der Waals surface area contributed by atoms with Gasteiger partial charge in [0.15, 0.2) is 0 Å². The predicted molar refractivity (Wildman–Crippen MR) is 84.7 cm³/mol. The maximum Gasteiger partial charge on any atom is 0.138 e. The fourth-order valence-electron chi connectivity index (χ4n) is 2.15. The Hall–Kier alpha value is -1.20. The summed E-state index contributed by atoms with van der Waals surface area (Å²) in [4.78, 5) is 4.34. The molecule has 2 rings (SSSR count). The number of hydrogen-bond donors (Lipinski definition) is 1. The molecule has 1 aromatic carbocycles. The molecule has 1 atom stereocenters. The Kier molecular flexibility index (Phi) is 5.31. The molecule has 2 aromatic rings. The third-order valence-corrected chi connectivity index (χ3v) is 3.88. The molecule has 1 heterocycles. The van der Waals surface area contributed by atoms with E-state index in [1.807, 2.05) is 11.7 Å². The second-order valence-corrected chi connectivity index (χ2v) is 6.23. The minimum absolute atomic E-state index is 0.397. The number of rotatable bonds is 6. The number of aryl methyl sites for hydroxylation is 1. The summed E-state index contributed by atoms with van der Waals surface area (Å²) in [6, 6.07) is 9.01. The van der Waals surface area contributed by atoms with Crippen LogP contribution < -0.4 is 5.32 Å². The van der Waals surface area contributed by atoms with Gasteiger partial charge in [0, 0.05) is 36.4 Å². The van der Waals surface area contributed by atoms with Crippen LogP contribution in [0.2, 0.25) is 0 Å². The first-order chi connectivity index (χ1) is 9.56. The lowest BCUT2D eigenvalue weighted by atomic mass is 9.95. The van der Waals surface area contributed by atoms with E-state index in [-0.39, 0.29) is 0 Å². The number of nitrogens with zero attached hydrogens (tertiary/aromatic N) is 3. The van der Waals surface area contributed by atoms with Crippen LogP contribution in [0.1, 0.15) is 31.2 Å². The highest BCUT2D eigenvalue weighted by Gasteiger charge is 2.15. The molecular weight excluding hydrogens is 316 g/mol. The Balaban J connectivity index is 2.15. The molecule has 108 valence electrons. The number of benzene rings is 1. The molecule has 1 aromatic heterocycles. The lowest BCUT2D eigenvalue weighted by Gasteiger charge is -2.19. The third-order valence-electron chi connectivity index (χ3n) is 3.35. The first-order valence-corrected chi connectivity index (χ1v) is 7.67. The Morgan fingerprint density at radius 1 is 1.25 bits per heavy atom. The predicted octanol–water partition coefficient (Wildman–Crippen LogP) is 2.90. The molecular formula is C15H21BrN4. The Morgan fingerprint density at radius 3 is 2.50 bits per heavy atom. The molecule has 0 aliphatic carbocycles. The largest absolute Gasteiger partial charge is 0.314 e. The van der Waals surface area contributed by atoms with Crippen LogP contribution in [0.25, 0.3) is 0 Å². The van der Waals surface area contributed by atoms with Crippen LogP contribution >= 0.6 is 15.9 Å². The van der Waals surface area contributed by atoms with E-state index in [0.717, 1.165) is 23.3 Å². The van der Waals surface area contributed by atoms with E-state index in [1.165, 1.54) is 5.56 Å². The molecule has 0 saturated heterocycles. The first-order valence-electron chi connectivity index (χ1n) is 6.88. The highest BCUT2D eigenvalue weighted by atomic mass is 79.9. The van der Waals surface area contributed by atoms with Crippen molar-refractivity contribution in [1.82, 2.24) is 20.1 Å². The average Bonchev–Trinajstić information content (AvgIpc) is 2.81. The molecule has 5 heteroatoms. The van der Waals surface area contributed by atoms with Gasteiger partial charge in [0.1, 0.15) is 12.2 Å². The van der Waals surface area contributed by atoms with Crippen molar-refractivity contribution in [3.05, 3.63) is 46.5 Å². The molecule has 0 aliphatic heterocycles. The fraction of sp³-hybridized carbons (Fsp3) is 0.467. The van der Waals surface area contributed by atoms with Crippen molar-refractivity contribution in [3.8, 4) is 0 Å². The van der Waals surface area contributed by atoms with Gasteiger partial charge in [-0.25, -0.2) is 4.98 Å². The van der Waals surface area contributed by atoms with Crippen LogP contribution in [0.15, 0.2) is 35.1 Å². The number of aromatic nitrogens is 3. The summed E-state index contributed by atoms with van der Waals surface area (Å²) in [6.45, 7) is 5.27. The van der Waals surface area contributed by atoms with Gasteiger partial charge in [0.2, 0.25) is 0 Å². The highest BCUT2D eigenvalue weighted by molar-refractivity contribution is 9.10. The zero-order valence-corrected chi connectivity index (χ0v) is 13.8. The summed E-state index contributed by atoms with van der Waals surface area (Å²) in [6.07, 6.45) is 2.50. The van der Waals surface area contributed by atoms with Crippen molar-refractivity contribution >= 4 is 15.9 Å². The second-order valence-electron chi connectivity index (χ2n) is 5.32. The van der Waals surface area contributed by atoms with E-state index >= 15 is 0 Å². The second kappa shape index (κ2) is 6.99. The topological polar surface area (TPSA) is 42.7 Å². The molecule has 0 saturated carbocycles. The van der Waals surface area contributed by atoms with Gasteiger partial charge < -0.3 is 5.32 Å². The smallest absolute Gasteiger partial charge is 0.138 e. The molecule has 20 heavy (non-hydrogen) atoms. The molecule has 0 bridgehead atoms. The van der Waals surface area contributed by atoms with Gasteiger partial charge in [-0.15, -0.1) is 0 Å². The maximum atomic E-state index is 4.34. The summed E-state index contributed by atoms with van der Waals surface area (Å²) in [5.74, 6) is 1.41. The molecule has 0 amide bonds. The number of halogens is 1. The Morgan fingerprint density at radius 2 is 1.95 bits per heavy atom. The van der Waals surface area contributed by atoms with Gasteiger partial charge in [0.05, 0.1) is 0 Å². The van der Waals surface area contributed by atoms with E-state index in [4.69, 9.17) is 0 Å². The number of nitrogens with one attached hydrogen (secondary N) is 1. The van der Waals surface area contributed by atoms with E-state index in [1.54, 1.807) is 6.33 Å². The molecule has 0 spiro atoms. The van der Waals surface area contributed by atoms with E-state index < -0.39 is 0 Å². The summed E-state index contributed by atoms with van der Waals surface area (Å²) in [5, 5.41) is 7.67. The molecule has 1 unspecified atom stereocenters.